The number of amides is 1. The molecule has 0 bridgehead atoms. The quantitative estimate of drug-likeness (QED) is 0.720. The minimum atomic E-state index is -0.409. The highest BCUT2D eigenvalue weighted by Gasteiger charge is 2.30. The van der Waals surface area contributed by atoms with Crippen molar-refractivity contribution < 1.29 is 9.53 Å². The SMILES string of the molecule is CC(C)(C)OC(=O)N1CCCN2CCNCCC2C1. The molecule has 1 amide bonds. The molecule has 0 spiro atoms. The molecule has 2 fully saturated rings. The fourth-order valence-corrected chi connectivity index (χ4v) is 2.79. The second kappa shape index (κ2) is 6.09. The van der Waals surface area contributed by atoms with Crippen molar-refractivity contribution in [3.8, 4) is 0 Å². The zero-order valence-corrected chi connectivity index (χ0v) is 12.4. The second-order valence-corrected chi connectivity index (χ2v) is 6.51. The van der Waals surface area contributed by atoms with E-state index < -0.39 is 5.60 Å². The number of fused-ring (bicyclic) bond motifs is 1. The molecule has 2 saturated heterocycles. The number of carbonyl (C=O) groups excluding carboxylic acids is 1. The van der Waals surface area contributed by atoms with Crippen molar-refractivity contribution in [1.82, 2.24) is 15.1 Å². The van der Waals surface area contributed by atoms with Crippen LogP contribution in [0.1, 0.15) is 33.6 Å². The highest BCUT2D eigenvalue weighted by molar-refractivity contribution is 5.68. The predicted molar refractivity (Wildman–Crippen MR) is 75.3 cm³/mol. The van der Waals surface area contributed by atoms with E-state index in [2.05, 4.69) is 10.2 Å². The Bertz CT molecular complexity index is 314. The summed E-state index contributed by atoms with van der Waals surface area (Å²) in [6.45, 7) is 11.7. The molecule has 1 N–H and O–H groups in total. The molecule has 5 heteroatoms. The van der Waals surface area contributed by atoms with Gasteiger partial charge in [0.2, 0.25) is 0 Å². The Morgan fingerprint density at radius 3 is 2.74 bits per heavy atom. The summed E-state index contributed by atoms with van der Waals surface area (Å²) in [6, 6.07) is 0.477. The molecule has 0 radical (unpaired) electrons. The fraction of sp³-hybridized carbons (Fsp3) is 0.929. The van der Waals surface area contributed by atoms with Crippen LogP contribution in [0.2, 0.25) is 0 Å². The lowest BCUT2D eigenvalue weighted by atomic mass is 10.2. The summed E-state index contributed by atoms with van der Waals surface area (Å²) in [5, 5.41) is 3.43. The minimum absolute atomic E-state index is 0.161. The molecule has 0 aliphatic carbocycles. The van der Waals surface area contributed by atoms with Crippen molar-refractivity contribution in [2.24, 2.45) is 0 Å². The van der Waals surface area contributed by atoms with E-state index in [1.54, 1.807) is 0 Å². The van der Waals surface area contributed by atoms with Gasteiger partial charge in [0.1, 0.15) is 5.60 Å². The van der Waals surface area contributed by atoms with Crippen LogP contribution in [0.3, 0.4) is 0 Å². The Labute approximate surface area is 116 Å². The average molecular weight is 269 g/mol. The first-order chi connectivity index (χ1) is 8.96. The van der Waals surface area contributed by atoms with Crippen LogP contribution in [0.15, 0.2) is 0 Å². The van der Waals surface area contributed by atoms with Crippen LogP contribution in [-0.2, 0) is 4.74 Å². The molecular weight excluding hydrogens is 242 g/mol. The van der Waals surface area contributed by atoms with E-state index in [1.807, 2.05) is 25.7 Å². The second-order valence-electron chi connectivity index (χ2n) is 6.51. The first kappa shape index (κ1) is 14.6. The van der Waals surface area contributed by atoms with Crippen LogP contribution < -0.4 is 5.32 Å². The zero-order chi connectivity index (χ0) is 13.9. The number of carbonyl (C=O) groups is 1. The molecule has 5 nitrogen and oxygen atoms in total. The van der Waals surface area contributed by atoms with Gasteiger partial charge in [-0.3, -0.25) is 4.90 Å². The molecule has 0 saturated carbocycles. The Morgan fingerprint density at radius 2 is 2.00 bits per heavy atom. The lowest BCUT2D eigenvalue weighted by molar-refractivity contribution is 0.0231. The summed E-state index contributed by atoms with van der Waals surface area (Å²) < 4.78 is 5.50. The van der Waals surface area contributed by atoms with Crippen molar-refractivity contribution in [2.75, 3.05) is 39.3 Å². The fourth-order valence-electron chi connectivity index (χ4n) is 2.79. The van der Waals surface area contributed by atoms with Gasteiger partial charge in [-0.1, -0.05) is 0 Å². The summed E-state index contributed by atoms with van der Waals surface area (Å²) in [7, 11) is 0. The molecule has 2 aliphatic rings. The molecule has 110 valence electrons. The summed E-state index contributed by atoms with van der Waals surface area (Å²) in [4.78, 5) is 16.6. The summed E-state index contributed by atoms with van der Waals surface area (Å²) >= 11 is 0. The Hall–Kier alpha value is -0.810. The maximum Gasteiger partial charge on any atom is 0.410 e. The van der Waals surface area contributed by atoms with E-state index in [4.69, 9.17) is 4.74 Å². The minimum Gasteiger partial charge on any atom is -0.444 e. The Balaban J connectivity index is 1.97. The third-order valence-electron chi connectivity index (χ3n) is 3.70. The molecule has 1 unspecified atom stereocenters. The van der Waals surface area contributed by atoms with E-state index in [9.17, 15) is 4.79 Å². The van der Waals surface area contributed by atoms with Gasteiger partial charge in [0, 0.05) is 38.8 Å². The lowest BCUT2D eigenvalue weighted by Crippen LogP contribution is -2.44. The lowest BCUT2D eigenvalue weighted by Gasteiger charge is -2.31. The zero-order valence-electron chi connectivity index (χ0n) is 12.4. The highest BCUT2D eigenvalue weighted by atomic mass is 16.6. The maximum atomic E-state index is 12.2. The topological polar surface area (TPSA) is 44.8 Å². The van der Waals surface area contributed by atoms with E-state index in [0.717, 1.165) is 52.1 Å². The number of hydrogen-bond acceptors (Lipinski definition) is 4. The molecule has 0 aromatic rings. The normalized spacial score (nSPS) is 26.3. The van der Waals surface area contributed by atoms with Gasteiger partial charge < -0.3 is 15.0 Å². The van der Waals surface area contributed by atoms with Crippen LogP contribution in [0, 0.1) is 0 Å². The third kappa shape index (κ3) is 4.35. The van der Waals surface area contributed by atoms with Crippen molar-refractivity contribution >= 4 is 6.09 Å². The van der Waals surface area contributed by atoms with Gasteiger partial charge in [-0.25, -0.2) is 4.79 Å². The maximum absolute atomic E-state index is 12.2. The van der Waals surface area contributed by atoms with Gasteiger partial charge in [-0.05, 0) is 40.2 Å². The van der Waals surface area contributed by atoms with E-state index in [0.29, 0.717) is 6.04 Å². The van der Waals surface area contributed by atoms with Crippen LogP contribution in [0.4, 0.5) is 4.79 Å². The number of rotatable bonds is 0. The summed E-state index contributed by atoms with van der Waals surface area (Å²) in [5.74, 6) is 0. The highest BCUT2D eigenvalue weighted by Crippen LogP contribution is 2.17. The van der Waals surface area contributed by atoms with Gasteiger partial charge in [0.25, 0.3) is 0 Å². The standard InChI is InChI=1S/C14H27N3O2/c1-14(2,3)19-13(18)17-9-4-8-16-10-7-15-6-5-12(16)11-17/h12,15H,4-11H2,1-3H3. The van der Waals surface area contributed by atoms with Crippen molar-refractivity contribution in [1.29, 1.82) is 0 Å². The van der Waals surface area contributed by atoms with E-state index in [-0.39, 0.29) is 6.09 Å². The van der Waals surface area contributed by atoms with E-state index in [1.165, 1.54) is 0 Å². The molecular formula is C14H27N3O2. The Morgan fingerprint density at radius 1 is 1.21 bits per heavy atom. The summed E-state index contributed by atoms with van der Waals surface area (Å²) in [5.41, 5.74) is -0.409. The van der Waals surface area contributed by atoms with Crippen LogP contribution >= 0.6 is 0 Å². The van der Waals surface area contributed by atoms with Crippen molar-refractivity contribution in [2.45, 2.75) is 45.3 Å². The monoisotopic (exact) mass is 269 g/mol. The first-order valence-corrected chi connectivity index (χ1v) is 7.38. The molecule has 1 atom stereocenters. The summed E-state index contributed by atoms with van der Waals surface area (Å²) in [6.07, 6.45) is 1.99. The van der Waals surface area contributed by atoms with Gasteiger partial charge in [-0.2, -0.15) is 0 Å². The number of nitrogens with zero attached hydrogens (tertiary/aromatic N) is 2. The van der Waals surface area contributed by atoms with Crippen LogP contribution in [0.5, 0.6) is 0 Å². The van der Waals surface area contributed by atoms with Crippen LogP contribution in [-0.4, -0.2) is 66.8 Å². The Kier molecular flexibility index (Phi) is 4.68. The molecule has 0 aromatic heterocycles. The molecule has 0 aromatic carbocycles. The molecule has 2 heterocycles. The van der Waals surface area contributed by atoms with Gasteiger partial charge in [0.15, 0.2) is 0 Å². The smallest absolute Gasteiger partial charge is 0.410 e. The van der Waals surface area contributed by atoms with Crippen molar-refractivity contribution in [3.05, 3.63) is 0 Å². The molecule has 2 aliphatic heterocycles. The van der Waals surface area contributed by atoms with Gasteiger partial charge in [0.05, 0.1) is 0 Å². The van der Waals surface area contributed by atoms with Crippen molar-refractivity contribution in [3.63, 3.8) is 0 Å². The molecule has 19 heavy (non-hydrogen) atoms. The van der Waals surface area contributed by atoms with Gasteiger partial charge in [-0.15, -0.1) is 0 Å². The number of nitrogens with one attached hydrogen (secondary N) is 1. The number of hydrogen-bond donors (Lipinski definition) is 1. The van der Waals surface area contributed by atoms with E-state index >= 15 is 0 Å². The predicted octanol–water partition coefficient (Wildman–Crippen LogP) is 1.29. The largest absolute Gasteiger partial charge is 0.444 e. The molecule has 2 rings (SSSR count). The van der Waals surface area contributed by atoms with Gasteiger partial charge >= 0.3 is 6.09 Å². The first-order valence-electron chi connectivity index (χ1n) is 7.38. The van der Waals surface area contributed by atoms with Crippen LogP contribution in [0.25, 0.3) is 0 Å². The third-order valence-corrected chi connectivity index (χ3v) is 3.70. The number of ether oxygens (including phenoxy) is 1. The average Bonchev–Trinajstić information content (AvgIpc) is 2.60.